The Morgan fingerprint density at radius 1 is 0.879 bits per heavy atom. The molecule has 4 aliphatic rings. The molecule has 4 fully saturated rings. The third kappa shape index (κ3) is 4.63. The van der Waals surface area contributed by atoms with Gasteiger partial charge in [0.2, 0.25) is 5.91 Å². The van der Waals surface area contributed by atoms with Crippen LogP contribution in [0.2, 0.25) is 0 Å². The van der Waals surface area contributed by atoms with E-state index in [0.717, 1.165) is 22.6 Å². The van der Waals surface area contributed by atoms with Crippen LogP contribution < -0.4 is 16.1 Å². The van der Waals surface area contributed by atoms with Crippen molar-refractivity contribution >= 4 is 39.9 Å². The lowest BCUT2D eigenvalue weighted by Gasteiger charge is -2.54. The summed E-state index contributed by atoms with van der Waals surface area (Å²) >= 11 is 0. The molecule has 0 saturated heterocycles. The van der Waals surface area contributed by atoms with Gasteiger partial charge >= 0.3 is 11.8 Å². The number of nitrogens with one attached hydrogen (secondary N) is 3. The summed E-state index contributed by atoms with van der Waals surface area (Å²) in [6.45, 7) is 1.68. The summed E-state index contributed by atoms with van der Waals surface area (Å²) < 4.78 is 0. The molecule has 4 saturated carbocycles. The number of amides is 3. The van der Waals surface area contributed by atoms with Crippen molar-refractivity contribution in [3.8, 4) is 0 Å². The summed E-state index contributed by atoms with van der Waals surface area (Å²) in [5, 5.41) is 11.7. The molecule has 0 spiro atoms. The average molecular weight is 447 g/mol. The van der Waals surface area contributed by atoms with Crippen LogP contribution in [0.1, 0.15) is 45.4 Å². The topological polar surface area (TPSA) is 99.7 Å². The molecule has 0 radical (unpaired) electrons. The van der Waals surface area contributed by atoms with Crippen molar-refractivity contribution in [3.63, 3.8) is 0 Å². The first-order valence-corrected chi connectivity index (χ1v) is 11.9. The molecule has 6 rings (SSSR count). The largest absolute Gasteiger partial charge is 0.352 e. The Hall–Kier alpha value is -3.22. The predicted octanol–water partition coefficient (Wildman–Crippen LogP) is 3.60. The Kier molecular flexibility index (Phi) is 5.87. The second-order valence-electron chi connectivity index (χ2n) is 9.97. The van der Waals surface area contributed by atoms with E-state index in [-0.39, 0.29) is 18.4 Å². The fourth-order valence-electron chi connectivity index (χ4n) is 6.38. The van der Waals surface area contributed by atoms with Crippen LogP contribution >= 0.6 is 0 Å². The van der Waals surface area contributed by atoms with Gasteiger partial charge in [0.25, 0.3) is 0 Å². The molecule has 0 atom stereocenters. The minimum absolute atomic E-state index is 0.0665. The van der Waals surface area contributed by atoms with Crippen molar-refractivity contribution < 1.29 is 14.4 Å². The van der Waals surface area contributed by atoms with E-state index in [1.165, 1.54) is 32.1 Å². The molecule has 0 unspecified atom stereocenters. The van der Waals surface area contributed by atoms with Gasteiger partial charge in [0.1, 0.15) is 0 Å². The van der Waals surface area contributed by atoms with E-state index < -0.39 is 11.8 Å². The van der Waals surface area contributed by atoms with Gasteiger partial charge in [0.05, 0.1) is 6.42 Å². The maximum atomic E-state index is 12.6. The Balaban J connectivity index is 1.13. The summed E-state index contributed by atoms with van der Waals surface area (Å²) in [7, 11) is 0. The van der Waals surface area contributed by atoms with Crippen molar-refractivity contribution in [1.29, 1.82) is 0 Å². The van der Waals surface area contributed by atoms with Crippen molar-refractivity contribution in [3.05, 3.63) is 42.5 Å². The Labute approximate surface area is 193 Å². The second-order valence-corrected chi connectivity index (χ2v) is 9.97. The molecule has 172 valence electrons. The van der Waals surface area contributed by atoms with Crippen molar-refractivity contribution in [2.45, 2.75) is 51.5 Å². The van der Waals surface area contributed by atoms with Crippen molar-refractivity contribution in [2.24, 2.45) is 28.8 Å². The molecule has 3 N–H and O–H groups in total. The summed E-state index contributed by atoms with van der Waals surface area (Å²) in [6, 6.07) is 13.4. The van der Waals surface area contributed by atoms with E-state index in [1.54, 1.807) is 13.0 Å². The zero-order valence-electron chi connectivity index (χ0n) is 18.8. The summed E-state index contributed by atoms with van der Waals surface area (Å²) in [6.07, 6.45) is 6.46. The number of nitrogens with zero attached hydrogens (tertiary/aromatic N) is 1. The summed E-state index contributed by atoms with van der Waals surface area (Å²) in [4.78, 5) is 37.2. The predicted molar refractivity (Wildman–Crippen MR) is 127 cm³/mol. The Morgan fingerprint density at radius 3 is 2.27 bits per heavy atom. The monoisotopic (exact) mass is 446 g/mol. The number of anilines is 1. The van der Waals surface area contributed by atoms with E-state index in [4.69, 9.17) is 0 Å². The Morgan fingerprint density at radius 2 is 1.55 bits per heavy atom. The zero-order valence-corrected chi connectivity index (χ0v) is 18.8. The standard InChI is InChI=1S/C26H30N4O3/c1-15(9-23(31)28-24-19-11-16-10-17(13-19)14-20(24)12-16)29-30-26(33)25(32)27-22-8-4-6-18-5-2-3-7-21(18)22/h2-8,16-17,19-20,24H,9-14H2,1H3,(H,27,32)(H,28,31)(H,30,33)/b29-15+. The molecule has 0 aliphatic heterocycles. The van der Waals surface area contributed by atoms with Crippen LogP contribution in [0.25, 0.3) is 10.8 Å². The van der Waals surface area contributed by atoms with Gasteiger partial charge in [-0.2, -0.15) is 5.10 Å². The molecule has 7 heteroatoms. The van der Waals surface area contributed by atoms with Crippen LogP contribution in [0.5, 0.6) is 0 Å². The highest BCUT2D eigenvalue weighted by Gasteiger charge is 2.48. The van der Waals surface area contributed by atoms with Gasteiger partial charge < -0.3 is 10.6 Å². The van der Waals surface area contributed by atoms with Crippen LogP contribution in [0.3, 0.4) is 0 Å². The first-order chi connectivity index (χ1) is 16.0. The van der Waals surface area contributed by atoms with Crippen LogP contribution in [0, 0.1) is 23.7 Å². The van der Waals surface area contributed by atoms with Gasteiger partial charge in [0, 0.05) is 22.8 Å². The lowest BCUT2D eigenvalue weighted by Crippen LogP contribution is -2.56. The fraction of sp³-hybridized carbons (Fsp3) is 0.462. The molecule has 4 aliphatic carbocycles. The quantitative estimate of drug-likeness (QED) is 0.372. The van der Waals surface area contributed by atoms with Gasteiger partial charge in [-0.05, 0) is 74.2 Å². The number of hydrogen-bond donors (Lipinski definition) is 3. The lowest BCUT2D eigenvalue weighted by molar-refractivity contribution is -0.136. The van der Waals surface area contributed by atoms with Gasteiger partial charge in [-0.25, -0.2) is 5.43 Å². The summed E-state index contributed by atoms with van der Waals surface area (Å²) in [5.41, 5.74) is 3.29. The Bertz CT molecular complexity index is 1090. The molecule has 2 aromatic carbocycles. The highest BCUT2D eigenvalue weighted by Crippen LogP contribution is 2.53. The first kappa shape index (κ1) is 21.6. The third-order valence-corrected chi connectivity index (χ3v) is 7.56. The maximum Gasteiger partial charge on any atom is 0.329 e. The van der Waals surface area contributed by atoms with E-state index in [0.29, 0.717) is 23.2 Å². The number of fused-ring (bicyclic) bond motifs is 1. The van der Waals surface area contributed by atoms with E-state index in [1.807, 2.05) is 36.4 Å². The van der Waals surface area contributed by atoms with Crippen molar-refractivity contribution in [2.75, 3.05) is 5.32 Å². The number of benzene rings is 2. The number of carbonyl (C=O) groups excluding carboxylic acids is 3. The minimum Gasteiger partial charge on any atom is -0.352 e. The smallest absolute Gasteiger partial charge is 0.329 e. The van der Waals surface area contributed by atoms with Gasteiger partial charge in [-0.1, -0.05) is 36.4 Å². The fourth-order valence-corrected chi connectivity index (χ4v) is 6.38. The van der Waals surface area contributed by atoms with E-state index in [9.17, 15) is 14.4 Å². The number of carbonyl (C=O) groups is 3. The zero-order chi connectivity index (χ0) is 22.9. The number of hydrazone groups is 1. The highest BCUT2D eigenvalue weighted by atomic mass is 16.2. The highest BCUT2D eigenvalue weighted by molar-refractivity contribution is 6.40. The van der Waals surface area contributed by atoms with E-state index >= 15 is 0 Å². The van der Waals surface area contributed by atoms with Crippen LogP contribution in [-0.2, 0) is 14.4 Å². The minimum atomic E-state index is -0.872. The molecule has 4 bridgehead atoms. The van der Waals surface area contributed by atoms with Gasteiger partial charge in [0.15, 0.2) is 0 Å². The normalized spacial score (nSPS) is 27.9. The third-order valence-electron chi connectivity index (χ3n) is 7.56. The average Bonchev–Trinajstić information content (AvgIpc) is 2.79. The molecular weight excluding hydrogens is 416 g/mol. The molecule has 3 amide bonds. The molecule has 0 heterocycles. The van der Waals surface area contributed by atoms with Crippen LogP contribution in [-0.4, -0.2) is 29.5 Å². The maximum absolute atomic E-state index is 12.6. The second kappa shape index (κ2) is 8.96. The molecule has 2 aromatic rings. The van der Waals surface area contributed by atoms with Crippen LogP contribution in [0.4, 0.5) is 5.69 Å². The number of rotatable bonds is 5. The molecular formula is C26H30N4O3. The first-order valence-electron chi connectivity index (χ1n) is 11.9. The lowest BCUT2D eigenvalue weighted by atomic mass is 9.54. The van der Waals surface area contributed by atoms with Gasteiger partial charge in [-0.3, -0.25) is 14.4 Å². The van der Waals surface area contributed by atoms with Crippen LogP contribution in [0.15, 0.2) is 47.6 Å². The number of hydrogen-bond acceptors (Lipinski definition) is 4. The molecule has 7 nitrogen and oxygen atoms in total. The van der Waals surface area contributed by atoms with Crippen molar-refractivity contribution in [1.82, 2.24) is 10.7 Å². The van der Waals surface area contributed by atoms with Gasteiger partial charge in [-0.15, -0.1) is 0 Å². The van der Waals surface area contributed by atoms with E-state index in [2.05, 4.69) is 21.2 Å². The molecule has 33 heavy (non-hydrogen) atoms. The summed E-state index contributed by atoms with van der Waals surface area (Å²) in [5.74, 6) is 1.20. The SMILES string of the molecule is C/C(CC(=O)NC1C2CC3CC(C2)CC1C3)=N\NC(=O)C(=O)Nc1cccc2ccccc12. The molecule has 0 aromatic heterocycles.